The fraction of sp³-hybridized carbons (Fsp3) is 0.333. The molecule has 100 valence electrons. The number of halogens is 1. The summed E-state index contributed by atoms with van der Waals surface area (Å²) in [6, 6.07) is 2.39. The van der Waals surface area contributed by atoms with E-state index in [1.54, 1.807) is 0 Å². The molecule has 3 N–H and O–H groups in total. The Labute approximate surface area is 107 Å². The average Bonchev–Trinajstić information content (AvgIpc) is 2.31. The Morgan fingerprint density at radius 1 is 1.44 bits per heavy atom. The number of allylic oxidation sites excluding steroid dienone is 1. The third-order valence-corrected chi connectivity index (χ3v) is 3.85. The lowest BCUT2D eigenvalue weighted by atomic mass is 10.2. The molecule has 0 atom stereocenters. The normalized spacial score (nSPS) is 12.2. The second-order valence-electron chi connectivity index (χ2n) is 3.90. The second-order valence-corrected chi connectivity index (χ2v) is 5.67. The quantitative estimate of drug-likeness (QED) is 0.489. The Hall–Kier alpha value is -1.40. The first-order valence-corrected chi connectivity index (χ1v) is 7.03. The number of nitrogens with one attached hydrogen (secondary N) is 1. The van der Waals surface area contributed by atoms with Gasteiger partial charge in [0.2, 0.25) is 10.0 Å². The molecule has 0 aliphatic carbocycles. The van der Waals surface area contributed by atoms with Crippen molar-refractivity contribution in [2.24, 2.45) is 0 Å². The van der Waals surface area contributed by atoms with Gasteiger partial charge >= 0.3 is 0 Å². The zero-order valence-corrected chi connectivity index (χ0v) is 11.2. The lowest BCUT2D eigenvalue weighted by Gasteiger charge is -2.08. The van der Waals surface area contributed by atoms with E-state index in [-0.39, 0.29) is 16.1 Å². The van der Waals surface area contributed by atoms with Crippen molar-refractivity contribution in [3.63, 3.8) is 0 Å². The van der Waals surface area contributed by atoms with E-state index < -0.39 is 15.8 Å². The molecule has 0 fully saturated rings. The van der Waals surface area contributed by atoms with Crippen LogP contribution >= 0.6 is 0 Å². The lowest BCUT2D eigenvalue weighted by molar-refractivity contribution is 0.581. The van der Waals surface area contributed by atoms with Crippen LogP contribution < -0.4 is 10.5 Å². The number of nitrogens with two attached hydrogens (primary N) is 1. The van der Waals surface area contributed by atoms with E-state index in [1.165, 1.54) is 13.0 Å². The molecule has 0 amide bonds. The van der Waals surface area contributed by atoms with Crippen LogP contribution in [0.25, 0.3) is 0 Å². The summed E-state index contributed by atoms with van der Waals surface area (Å²) in [5, 5.41) is 0. The Bertz CT molecular complexity index is 530. The monoisotopic (exact) mass is 272 g/mol. The molecule has 0 spiro atoms. The standard InChI is InChI=1S/C12H17FN2O2S/c1-3-4-5-6-15-18(16,17)10-7-9(2)12(13)11(14)8-10/h3-4,7-8,15H,5-6,14H2,1-2H3/b4-3+. The van der Waals surface area contributed by atoms with Crippen LogP contribution in [0.3, 0.4) is 0 Å². The van der Waals surface area contributed by atoms with E-state index >= 15 is 0 Å². The van der Waals surface area contributed by atoms with Gasteiger partial charge in [0, 0.05) is 6.54 Å². The van der Waals surface area contributed by atoms with Crippen LogP contribution in [-0.4, -0.2) is 15.0 Å². The van der Waals surface area contributed by atoms with Crippen molar-refractivity contribution in [3.8, 4) is 0 Å². The topological polar surface area (TPSA) is 72.2 Å². The first kappa shape index (κ1) is 14.7. The number of anilines is 1. The van der Waals surface area contributed by atoms with Gasteiger partial charge in [-0.2, -0.15) is 0 Å². The van der Waals surface area contributed by atoms with E-state index in [0.717, 1.165) is 6.07 Å². The summed E-state index contributed by atoms with van der Waals surface area (Å²) >= 11 is 0. The summed E-state index contributed by atoms with van der Waals surface area (Å²) in [6.07, 6.45) is 4.30. The fourth-order valence-corrected chi connectivity index (χ4v) is 2.61. The molecule has 0 heterocycles. The van der Waals surface area contributed by atoms with E-state index in [2.05, 4.69) is 4.72 Å². The summed E-state index contributed by atoms with van der Waals surface area (Å²) < 4.78 is 39.5. The number of aryl methyl sites for hydroxylation is 1. The number of benzene rings is 1. The Morgan fingerprint density at radius 2 is 2.11 bits per heavy atom. The van der Waals surface area contributed by atoms with Crippen molar-refractivity contribution in [1.29, 1.82) is 0 Å². The van der Waals surface area contributed by atoms with Gasteiger partial charge in [0.25, 0.3) is 0 Å². The number of rotatable bonds is 5. The van der Waals surface area contributed by atoms with Gasteiger partial charge in [-0.1, -0.05) is 12.2 Å². The summed E-state index contributed by atoms with van der Waals surface area (Å²) in [4.78, 5) is -0.0145. The highest BCUT2D eigenvalue weighted by atomic mass is 32.2. The molecule has 0 unspecified atom stereocenters. The molecule has 0 aromatic heterocycles. The van der Waals surface area contributed by atoms with E-state index in [9.17, 15) is 12.8 Å². The van der Waals surface area contributed by atoms with Gasteiger partial charge < -0.3 is 5.73 Å². The molecular weight excluding hydrogens is 255 g/mol. The first-order valence-electron chi connectivity index (χ1n) is 5.55. The molecule has 0 radical (unpaired) electrons. The van der Waals surface area contributed by atoms with Gasteiger partial charge in [0.1, 0.15) is 5.82 Å². The van der Waals surface area contributed by atoms with Gasteiger partial charge in [-0.25, -0.2) is 17.5 Å². The van der Waals surface area contributed by atoms with Gasteiger partial charge in [0.15, 0.2) is 0 Å². The second kappa shape index (κ2) is 5.97. The number of hydrogen-bond donors (Lipinski definition) is 2. The minimum Gasteiger partial charge on any atom is -0.396 e. The van der Waals surface area contributed by atoms with Crippen LogP contribution in [0, 0.1) is 12.7 Å². The van der Waals surface area contributed by atoms with Crippen LogP contribution in [0.5, 0.6) is 0 Å². The molecule has 0 aliphatic heterocycles. The molecule has 18 heavy (non-hydrogen) atoms. The third-order valence-electron chi connectivity index (χ3n) is 2.41. The molecule has 0 aliphatic rings. The van der Waals surface area contributed by atoms with Crippen LogP contribution in [0.4, 0.5) is 10.1 Å². The zero-order chi connectivity index (χ0) is 13.8. The van der Waals surface area contributed by atoms with E-state index in [1.807, 2.05) is 19.1 Å². The molecule has 1 aromatic rings. The van der Waals surface area contributed by atoms with E-state index in [0.29, 0.717) is 13.0 Å². The SMILES string of the molecule is C/C=C/CCNS(=O)(=O)c1cc(C)c(F)c(N)c1. The van der Waals surface area contributed by atoms with Gasteiger partial charge in [-0.05, 0) is 38.0 Å². The summed E-state index contributed by atoms with van der Waals surface area (Å²) in [5.74, 6) is -0.581. The highest BCUT2D eigenvalue weighted by Gasteiger charge is 2.16. The van der Waals surface area contributed by atoms with Crippen molar-refractivity contribution in [2.75, 3.05) is 12.3 Å². The van der Waals surface area contributed by atoms with Crippen LogP contribution in [0.1, 0.15) is 18.9 Å². The molecule has 0 bridgehead atoms. The minimum atomic E-state index is -3.63. The number of nitrogen functional groups attached to an aromatic ring is 1. The lowest BCUT2D eigenvalue weighted by Crippen LogP contribution is -2.24. The minimum absolute atomic E-state index is 0.0145. The van der Waals surface area contributed by atoms with Crippen LogP contribution in [0.2, 0.25) is 0 Å². The van der Waals surface area contributed by atoms with Crippen molar-refractivity contribution >= 4 is 15.7 Å². The maximum absolute atomic E-state index is 13.3. The smallest absolute Gasteiger partial charge is 0.240 e. The van der Waals surface area contributed by atoms with Gasteiger partial charge in [-0.3, -0.25) is 0 Å². The van der Waals surface area contributed by atoms with Crippen LogP contribution in [0.15, 0.2) is 29.2 Å². The molecule has 6 heteroatoms. The molecule has 4 nitrogen and oxygen atoms in total. The average molecular weight is 272 g/mol. The molecule has 1 rings (SSSR count). The van der Waals surface area contributed by atoms with Crippen molar-refractivity contribution < 1.29 is 12.8 Å². The first-order chi connectivity index (χ1) is 8.38. The largest absolute Gasteiger partial charge is 0.396 e. The third kappa shape index (κ3) is 3.54. The predicted molar refractivity (Wildman–Crippen MR) is 70.2 cm³/mol. The molecule has 0 saturated heterocycles. The summed E-state index contributed by atoms with van der Waals surface area (Å²) in [7, 11) is -3.63. The zero-order valence-electron chi connectivity index (χ0n) is 10.4. The molecule has 1 aromatic carbocycles. The maximum Gasteiger partial charge on any atom is 0.240 e. The number of hydrogen-bond acceptors (Lipinski definition) is 3. The van der Waals surface area contributed by atoms with Gasteiger partial charge in [-0.15, -0.1) is 0 Å². The predicted octanol–water partition coefficient (Wildman–Crippen LogP) is 1.96. The van der Waals surface area contributed by atoms with Crippen LogP contribution in [-0.2, 0) is 10.0 Å². The summed E-state index contributed by atoms with van der Waals surface area (Å²) in [5.41, 5.74) is 5.46. The summed E-state index contributed by atoms with van der Waals surface area (Å²) in [6.45, 7) is 3.63. The van der Waals surface area contributed by atoms with Crippen molar-refractivity contribution in [2.45, 2.75) is 25.2 Å². The van der Waals surface area contributed by atoms with Crippen molar-refractivity contribution in [1.82, 2.24) is 4.72 Å². The molecular formula is C12H17FN2O2S. The van der Waals surface area contributed by atoms with Crippen molar-refractivity contribution in [3.05, 3.63) is 35.7 Å². The molecule has 0 saturated carbocycles. The number of sulfonamides is 1. The van der Waals surface area contributed by atoms with Gasteiger partial charge in [0.05, 0.1) is 10.6 Å². The fourth-order valence-electron chi connectivity index (χ4n) is 1.44. The Balaban J connectivity index is 2.92. The Morgan fingerprint density at radius 3 is 2.67 bits per heavy atom. The highest BCUT2D eigenvalue weighted by molar-refractivity contribution is 7.89. The maximum atomic E-state index is 13.3. The Kier molecular flexibility index (Phi) is 4.86. The highest BCUT2D eigenvalue weighted by Crippen LogP contribution is 2.20. The van der Waals surface area contributed by atoms with E-state index in [4.69, 9.17) is 5.73 Å².